The Hall–Kier alpha value is -1.87. The van der Waals surface area contributed by atoms with Gasteiger partial charge in [0.15, 0.2) is 0 Å². The lowest BCUT2D eigenvalue weighted by Crippen LogP contribution is -2.49. The van der Waals surface area contributed by atoms with Crippen molar-refractivity contribution in [2.45, 2.75) is 82.7 Å². The van der Waals surface area contributed by atoms with Crippen LogP contribution in [0.3, 0.4) is 0 Å². The molecular weight excluding hydrogens is 368 g/mol. The first-order chi connectivity index (χ1) is 14.4. The van der Waals surface area contributed by atoms with Crippen molar-refractivity contribution in [1.82, 2.24) is 5.32 Å². The summed E-state index contributed by atoms with van der Waals surface area (Å²) in [5.74, 6) is 1.26. The largest absolute Gasteiger partial charge is 0.353 e. The van der Waals surface area contributed by atoms with Gasteiger partial charge in [-0.3, -0.25) is 4.79 Å². The zero-order valence-corrected chi connectivity index (χ0v) is 18.5. The van der Waals surface area contributed by atoms with Crippen LogP contribution in [0, 0.1) is 17.3 Å². The first-order valence-corrected chi connectivity index (χ1v) is 11.9. The van der Waals surface area contributed by atoms with E-state index in [2.05, 4.69) is 61.6 Å². The molecule has 1 aromatic rings. The van der Waals surface area contributed by atoms with Gasteiger partial charge in [-0.25, -0.2) is 0 Å². The van der Waals surface area contributed by atoms with Gasteiger partial charge in [0.05, 0.1) is 5.41 Å². The number of hydrogen-bond acceptors (Lipinski definition) is 2. The van der Waals surface area contributed by atoms with Crippen molar-refractivity contribution in [2.75, 3.05) is 0 Å². The van der Waals surface area contributed by atoms with Crippen LogP contribution >= 0.6 is 0 Å². The van der Waals surface area contributed by atoms with Crippen molar-refractivity contribution in [2.24, 2.45) is 23.0 Å². The molecular formula is C27H36N2O. The number of carbonyl (C=O) groups is 1. The number of hydrogen-bond donors (Lipinski definition) is 2. The predicted octanol–water partition coefficient (Wildman–Crippen LogP) is 5.02. The maximum atomic E-state index is 13.8. The molecule has 5 saturated carbocycles. The van der Waals surface area contributed by atoms with Crippen LogP contribution in [-0.2, 0) is 10.2 Å². The first kappa shape index (κ1) is 20.1. The highest BCUT2D eigenvalue weighted by Crippen LogP contribution is 2.72. The van der Waals surface area contributed by atoms with Crippen molar-refractivity contribution >= 4 is 5.91 Å². The minimum atomic E-state index is -0.223. The van der Waals surface area contributed by atoms with E-state index in [0.717, 1.165) is 44.9 Å². The van der Waals surface area contributed by atoms with E-state index < -0.39 is 0 Å². The number of allylic oxidation sites excluding steroid dienone is 4. The summed E-state index contributed by atoms with van der Waals surface area (Å²) in [6, 6.07) is 11.6. The second kappa shape index (κ2) is 7.37. The van der Waals surface area contributed by atoms with Crippen LogP contribution in [0.4, 0.5) is 0 Å². The van der Waals surface area contributed by atoms with Gasteiger partial charge in [0.2, 0.25) is 5.91 Å². The number of benzene rings is 1. The maximum Gasteiger partial charge on any atom is 0.227 e. The summed E-state index contributed by atoms with van der Waals surface area (Å²) in [5, 5.41) is 3.50. The first-order valence-electron chi connectivity index (χ1n) is 11.9. The van der Waals surface area contributed by atoms with Crippen molar-refractivity contribution < 1.29 is 4.79 Å². The summed E-state index contributed by atoms with van der Waals surface area (Å²) in [7, 11) is 0. The topological polar surface area (TPSA) is 55.1 Å². The van der Waals surface area contributed by atoms with Crippen LogP contribution in [0.5, 0.6) is 0 Å². The summed E-state index contributed by atoms with van der Waals surface area (Å²) in [4.78, 5) is 13.8. The summed E-state index contributed by atoms with van der Waals surface area (Å²) in [6.07, 6.45) is 13.1. The van der Waals surface area contributed by atoms with Gasteiger partial charge in [-0.05, 0) is 88.0 Å². The smallest absolute Gasteiger partial charge is 0.227 e. The molecule has 1 aromatic carbocycles. The molecule has 0 radical (unpaired) electrons. The number of rotatable bonds is 4. The van der Waals surface area contributed by atoms with Crippen LogP contribution in [0.1, 0.15) is 70.8 Å². The van der Waals surface area contributed by atoms with E-state index >= 15 is 0 Å². The molecule has 6 rings (SSSR count). The van der Waals surface area contributed by atoms with E-state index in [0.29, 0.717) is 29.8 Å². The predicted molar refractivity (Wildman–Crippen MR) is 122 cm³/mol. The SMILES string of the molecule is CC(C)=C/C=C1/C2CC3(c4ccccc4)CC1C(C(=O)N[C@H]1CC[C@H](N)CC1)(C2)C3. The zero-order chi connectivity index (χ0) is 20.9. The van der Waals surface area contributed by atoms with Crippen molar-refractivity contribution in [3.8, 4) is 0 Å². The van der Waals surface area contributed by atoms with E-state index in [1.165, 1.54) is 17.6 Å². The highest BCUT2D eigenvalue weighted by atomic mass is 16.2. The fourth-order valence-corrected chi connectivity index (χ4v) is 7.26. The third-order valence-electron chi connectivity index (χ3n) is 8.59. The Morgan fingerprint density at radius 2 is 1.80 bits per heavy atom. The monoisotopic (exact) mass is 404 g/mol. The lowest BCUT2D eigenvalue weighted by Gasteiger charge is -2.41. The average Bonchev–Trinajstić information content (AvgIpc) is 3.11. The molecule has 4 bridgehead atoms. The second-order valence-electron chi connectivity index (χ2n) is 10.8. The summed E-state index contributed by atoms with van der Waals surface area (Å²) in [5.41, 5.74) is 10.4. The van der Waals surface area contributed by atoms with E-state index in [4.69, 9.17) is 5.73 Å². The van der Waals surface area contributed by atoms with E-state index in [1.54, 1.807) is 5.57 Å². The van der Waals surface area contributed by atoms with Gasteiger partial charge in [-0.1, -0.05) is 53.6 Å². The Morgan fingerprint density at radius 3 is 2.50 bits per heavy atom. The van der Waals surface area contributed by atoms with Crippen LogP contribution in [0.25, 0.3) is 0 Å². The number of nitrogens with two attached hydrogens (primary N) is 1. The standard InChI is InChI=1S/C27H36N2O/c1-18(2)8-13-23-19-14-26(20-6-4-3-5-7-20)16-24(23)27(15-19,17-26)25(30)29-22-11-9-21(28)10-12-22/h3-8,13,19,21-22,24H,9-12,14-17,28H2,1-2H3,(H,29,30)/b23-13-/t19?,21-,22-,24?,26?,27?. The van der Waals surface area contributed by atoms with Crippen LogP contribution in [0.2, 0.25) is 0 Å². The van der Waals surface area contributed by atoms with Crippen molar-refractivity contribution in [3.63, 3.8) is 0 Å². The molecule has 5 aliphatic carbocycles. The Morgan fingerprint density at radius 1 is 1.07 bits per heavy atom. The molecule has 4 unspecified atom stereocenters. The lowest BCUT2D eigenvalue weighted by molar-refractivity contribution is -0.133. The third-order valence-corrected chi connectivity index (χ3v) is 8.59. The molecule has 0 aromatic heterocycles. The molecule has 3 N–H and O–H groups in total. The molecule has 4 atom stereocenters. The molecule has 0 aliphatic heterocycles. The fourth-order valence-electron chi connectivity index (χ4n) is 7.26. The molecule has 0 spiro atoms. The molecule has 160 valence electrons. The van der Waals surface area contributed by atoms with Crippen molar-refractivity contribution in [1.29, 1.82) is 0 Å². The third kappa shape index (κ3) is 3.17. The average molecular weight is 405 g/mol. The van der Waals surface area contributed by atoms with Crippen LogP contribution < -0.4 is 11.1 Å². The van der Waals surface area contributed by atoms with E-state index in [-0.39, 0.29) is 10.8 Å². The minimum absolute atomic E-state index is 0.170. The number of amides is 1. The van der Waals surface area contributed by atoms with Gasteiger partial charge in [-0.15, -0.1) is 0 Å². The number of carbonyl (C=O) groups excluding carboxylic acids is 1. The Balaban J connectivity index is 1.47. The van der Waals surface area contributed by atoms with Crippen LogP contribution in [-0.4, -0.2) is 18.0 Å². The van der Waals surface area contributed by atoms with Gasteiger partial charge in [0.1, 0.15) is 0 Å². The van der Waals surface area contributed by atoms with Crippen LogP contribution in [0.15, 0.2) is 53.6 Å². The fraction of sp³-hybridized carbons (Fsp3) is 0.593. The molecule has 5 fully saturated rings. The molecule has 0 heterocycles. The Kier molecular flexibility index (Phi) is 4.93. The molecule has 0 saturated heterocycles. The Labute approximate surface area is 181 Å². The summed E-state index contributed by atoms with van der Waals surface area (Å²) in [6.45, 7) is 4.31. The minimum Gasteiger partial charge on any atom is -0.353 e. The highest BCUT2D eigenvalue weighted by molar-refractivity contribution is 5.86. The van der Waals surface area contributed by atoms with Gasteiger partial charge in [-0.2, -0.15) is 0 Å². The quantitative estimate of drug-likeness (QED) is 0.740. The second-order valence-corrected chi connectivity index (χ2v) is 10.8. The lowest BCUT2D eigenvalue weighted by atomic mass is 9.63. The van der Waals surface area contributed by atoms with Gasteiger partial charge in [0, 0.05) is 12.1 Å². The molecule has 3 nitrogen and oxygen atoms in total. The Bertz CT molecular complexity index is 875. The normalized spacial score (nSPS) is 40.6. The molecule has 3 heteroatoms. The maximum absolute atomic E-state index is 13.8. The van der Waals surface area contributed by atoms with Gasteiger partial charge < -0.3 is 11.1 Å². The van der Waals surface area contributed by atoms with Gasteiger partial charge in [0.25, 0.3) is 0 Å². The summed E-state index contributed by atoms with van der Waals surface area (Å²) >= 11 is 0. The number of nitrogens with one attached hydrogen (secondary N) is 1. The van der Waals surface area contributed by atoms with Gasteiger partial charge >= 0.3 is 0 Å². The van der Waals surface area contributed by atoms with E-state index in [9.17, 15) is 4.79 Å². The highest BCUT2D eigenvalue weighted by Gasteiger charge is 2.69. The molecule has 1 amide bonds. The molecule has 30 heavy (non-hydrogen) atoms. The van der Waals surface area contributed by atoms with E-state index in [1.807, 2.05) is 0 Å². The zero-order valence-electron chi connectivity index (χ0n) is 18.5. The summed E-state index contributed by atoms with van der Waals surface area (Å²) < 4.78 is 0. The molecule has 5 aliphatic rings. The van der Waals surface area contributed by atoms with Crippen molar-refractivity contribution in [3.05, 3.63) is 59.2 Å².